The van der Waals surface area contributed by atoms with E-state index in [4.69, 9.17) is 42.1 Å². The van der Waals surface area contributed by atoms with Crippen LogP contribution in [0.2, 0.25) is 10.0 Å². The average molecular weight is 555 g/mol. The van der Waals surface area contributed by atoms with Crippen molar-refractivity contribution in [3.05, 3.63) is 79.7 Å². The van der Waals surface area contributed by atoms with E-state index in [2.05, 4.69) is 21.2 Å². The Labute approximate surface area is 213 Å². The number of ether oxygens (including phenoxy) is 4. The first-order chi connectivity index (χ1) is 15.9. The monoisotopic (exact) mass is 553 g/mol. The van der Waals surface area contributed by atoms with E-state index in [1.165, 1.54) is 5.56 Å². The second-order valence-electron chi connectivity index (χ2n) is 7.25. The van der Waals surface area contributed by atoms with Gasteiger partial charge in [-0.15, -0.1) is 0 Å². The van der Waals surface area contributed by atoms with Crippen molar-refractivity contribution >= 4 is 39.1 Å². The summed E-state index contributed by atoms with van der Waals surface area (Å²) in [6, 6.07) is 15.3. The molecule has 0 heterocycles. The van der Waals surface area contributed by atoms with Crippen molar-refractivity contribution in [3.63, 3.8) is 0 Å². The standard InChI is InChI=1S/C25H26BrCl2NO4/c1-30-22-7-4-16(11-23(22)31-2)8-9-29-14-17-10-20(26)25(24(12-17)32-3)33-15-18-5-6-19(27)13-21(18)28/h4-7,10-13,29H,8-9,14-15H2,1-3H3. The van der Waals surface area contributed by atoms with Gasteiger partial charge >= 0.3 is 0 Å². The summed E-state index contributed by atoms with van der Waals surface area (Å²) in [7, 11) is 4.90. The molecular weight excluding hydrogens is 529 g/mol. The zero-order chi connectivity index (χ0) is 23.8. The zero-order valence-electron chi connectivity index (χ0n) is 18.7. The molecule has 0 aliphatic heterocycles. The van der Waals surface area contributed by atoms with Crippen molar-refractivity contribution in [3.8, 4) is 23.0 Å². The molecule has 0 bridgehead atoms. The Hall–Kier alpha value is -2.12. The van der Waals surface area contributed by atoms with E-state index in [-0.39, 0.29) is 0 Å². The van der Waals surface area contributed by atoms with Crippen molar-refractivity contribution in [2.45, 2.75) is 19.6 Å². The fourth-order valence-corrected chi connectivity index (χ4v) is 4.37. The second kappa shape index (κ2) is 12.4. The van der Waals surface area contributed by atoms with Gasteiger partial charge in [-0.2, -0.15) is 0 Å². The maximum absolute atomic E-state index is 6.25. The van der Waals surface area contributed by atoms with E-state index in [1.807, 2.05) is 36.4 Å². The molecule has 0 spiro atoms. The van der Waals surface area contributed by atoms with Crippen LogP contribution in [0.15, 0.2) is 53.0 Å². The predicted molar refractivity (Wildman–Crippen MR) is 136 cm³/mol. The van der Waals surface area contributed by atoms with E-state index in [0.717, 1.165) is 40.1 Å². The molecule has 3 aromatic carbocycles. The molecule has 1 N–H and O–H groups in total. The van der Waals surface area contributed by atoms with E-state index < -0.39 is 0 Å². The lowest BCUT2D eigenvalue weighted by Gasteiger charge is -2.15. The molecule has 5 nitrogen and oxygen atoms in total. The van der Waals surface area contributed by atoms with Gasteiger partial charge in [0, 0.05) is 22.2 Å². The Morgan fingerprint density at radius 3 is 2.24 bits per heavy atom. The average Bonchev–Trinajstić information content (AvgIpc) is 2.81. The minimum atomic E-state index is 0.299. The highest BCUT2D eigenvalue weighted by Gasteiger charge is 2.13. The van der Waals surface area contributed by atoms with Crippen molar-refractivity contribution in [2.75, 3.05) is 27.9 Å². The SMILES string of the molecule is COc1ccc(CCNCc2cc(Br)c(OCc3ccc(Cl)cc3Cl)c(OC)c2)cc1OC. The maximum Gasteiger partial charge on any atom is 0.175 e. The first-order valence-electron chi connectivity index (χ1n) is 10.3. The Balaban J connectivity index is 1.59. The quantitative estimate of drug-likeness (QED) is 0.267. The van der Waals surface area contributed by atoms with Crippen molar-refractivity contribution in [2.24, 2.45) is 0 Å². The van der Waals surface area contributed by atoms with Gasteiger partial charge in [-0.05, 0) is 76.4 Å². The predicted octanol–water partition coefficient (Wildman–Crippen LogP) is 6.69. The highest BCUT2D eigenvalue weighted by molar-refractivity contribution is 9.10. The highest BCUT2D eigenvalue weighted by Crippen LogP contribution is 2.37. The summed E-state index contributed by atoms with van der Waals surface area (Å²) in [5.41, 5.74) is 3.09. The number of methoxy groups -OCH3 is 3. The summed E-state index contributed by atoms with van der Waals surface area (Å²) < 4.78 is 23.0. The number of hydrogen-bond acceptors (Lipinski definition) is 5. The van der Waals surface area contributed by atoms with Gasteiger partial charge in [0.25, 0.3) is 0 Å². The van der Waals surface area contributed by atoms with E-state index in [9.17, 15) is 0 Å². The van der Waals surface area contributed by atoms with Crippen LogP contribution in [-0.4, -0.2) is 27.9 Å². The molecule has 0 saturated carbocycles. The van der Waals surface area contributed by atoms with Gasteiger partial charge < -0.3 is 24.3 Å². The van der Waals surface area contributed by atoms with Crippen LogP contribution < -0.4 is 24.3 Å². The molecule has 8 heteroatoms. The number of hydrogen-bond donors (Lipinski definition) is 1. The molecule has 0 atom stereocenters. The Kier molecular flexibility index (Phi) is 9.56. The van der Waals surface area contributed by atoms with Crippen LogP contribution >= 0.6 is 39.1 Å². The summed E-state index contributed by atoms with van der Waals surface area (Å²) in [5, 5.41) is 4.62. The fraction of sp³-hybridized carbons (Fsp3) is 0.280. The summed E-state index contributed by atoms with van der Waals surface area (Å²) in [4.78, 5) is 0. The van der Waals surface area contributed by atoms with Crippen LogP contribution in [0.1, 0.15) is 16.7 Å². The third-order valence-electron chi connectivity index (χ3n) is 5.04. The lowest BCUT2D eigenvalue weighted by atomic mass is 10.1. The van der Waals surface area contributed by atoms with E-state index in [0.29, 0.717) is 34.7 Å². The molecule has 33 heavy (non-hydrogen) atoms. The van der Waals surface area contributed by atoms with Gasteiger partial charge in [-0.1, -0.05) is 35.3 Å². The summed E-state index contributed by atoms with van der Waals surface area (Å²) in [6.07, 6.45) is 0.863. The molecule has 0 amide bonds. The molecule has 0 aliphatic carbocycles. The summed E-state index contributed by atoms with van der Waals surface area (Å²) in [5.74, 6) is 2.73. The van der Waals surface area contributed by atoms with Crippen molar-refractivity contribution in [1.29, 1.82) is 0 Å². The van der Waals surface area contributed by atoms with Crippen LogP contribution in [0, 0.1) is 0 Å². The van der Waals surface area contributed by atoms with Crippen molar-refractivity contribution in [1.82, 2.24) is 5.32 Å². The molecule has 3 rings (SSSR count). The van der Waals surface area contributed by atoms with Gasteiger partial charge in [0.2, 0.25) is 0 Å². The van der Waals surface area contributed by atoms with Gasteiger partial charge in [0.05, 0.1) is 25.8 Å². The topological polar surface area (TPSA) is 49.0 Å². The molecule has 0 aliphatic rings. The van der Waals surface area contributed by atoms with E-state index in [1.54, 1.807) is 33.5 Å². The number of rotatable bonds is 11. The minimum absolute atomic E-state index is 0.299. The van der Waals surface area contributed by atoms with E-state index >= 15 is 0 Å². The minimum Gasteiger partial charge on any atom is -0.493 e. The van der Waals surface area contributed by atoms with Gasteiger partial charge in [-0.25, -0.2) is 0 Å². The van der Waals surface area contributed by atoms with Gasteiger partial charge in [0.15, 0.2) is 23.0 Å². The highest BCUT2D eigenvalue weighted by atomic mass is 79.9. The van der Waals surface area contributed by atoms with Crippen LogP contribution in [0.25, 0.3) is 0 Å². The Bertz CT molecular complexity index is 1090. The second-order valence-corrected chi connectivity index (χ2v) is 8.95. The normalized spacial score (nSPS) is 10.7. The molecule has 176 valence electrons. The Morgan fingerprint density at radius 1 is 0.818 bits per heavy atom. The Morgan fingerprint density at radius 2 is 1.55 bits per heavy atom. The van der Waals surface area contributed by atoms with Crippen molar-refractivity contribution < 1.29 is 18.9 Å². The lowest BCUT2D eigenvalue weighted by Crippen LogP contribution is -2.17. The molecule has 0 aromatic heterocycles. The molecule has 0 unspecified atom stereocenters. The smallest absolute Gasteiger partial charge is 0.175 e. The number of benzene rings is 3. The van der Waals surface area contributed by atoms with Crippen LogP contribution in [0.5, 0.6) is 23.0 Å². The summed E-state index contributed by atoms with van der Waals surface area (Å²) in [6.45, 7) is 1.79. The maximum atomic E-state index is 6.25. The molecule has 0 radical (unpaired) electrons. The lowest BCUT2D eigenvalue weighted by molar-refractivity contribution is 0.282. The third kappa shape index (κ3) is 6.93. The largest absolute Gasteiger partial charge is 0.493 e. The van der Waals surface area contributed by atoms with Gasteiger partial charge in [0.1, 0.15) is 6.61 Å². The molecule has 0 fully saturated rings. The summed E-state index contributed by atoms with van der Waals surface area (Å²) >= 11 is 15.8. The first kappa shape index (κ1) is 25.5. The zero-order valence-corrected chi connectivity index (χ0v) is 21.8. The molecular formula is C25H26BrCl2NO4. The number of nitrogens with one attached hydrogen (secondary N) is 1. The third-order valence-corrected chi connectivity index (χ3v) is 6.22. The number of halogens is 3. The molecule has 3 aromatic rings. The molecule has 0 saturated heterocycles. The van der Waals surface area contributed by atoms with Crippen LogP contribution in [-0.2, 0) is 19.6 Å². The fourth-order valence-electron chi connectivity index (χ4n) is 3.31. The first-order valence-corrected chi connectivity index (χ1v) is 11.8. The van der Waals surface area contributed by atoms with Crippen LogP contribution in [0.4, 0.5) is 0 Å². The van der Waals surface area contributed by atoms with Gasteiger partial charge in [-0.3, -0.25) is 0 Å². The van der Waals surface area contributed by atoms with Crippen LogP contribution in [0.3, 0.4) is 0 Å².